The monoisotopic (exact) mass is 298 g/mol. The molecule has 21 heavy (non-hydrogen) atoms. The fourth-order valence-corrected chi connectivity index (χ4v) is 3.29. The van der Waals surface area contributed by atoms with E-state index in [1.165, 1.54) is 27.7 Å². The molecule has 0 aliphatic heterocycles. The average Bonchev–Trinajstić information content (AvgIpc) is 2.81. The van der Waals surface area contributed by atoms with E-state index in [2.05, 4.69) is 42.2 Å². The van der Waals surface area contributed by atoms with Crippen molar-refractivity contribution in [2.24, 2.45) is 5.73 Å². The van der Waals surface area contributed by atoms with Crippen LogP contribution in [0.15, 0.2) is 48.5 Å². The van der Waals surface area contributed by atoms with E-state index in [-0.39, 0.29) is 0 Å². The molecule has 1 unspecified atom stereocenters. The molecule has 0 saturated carbocycles. The third kappa shape index (κ3) is 2.82. The lowest BCUT2D eigenvalue weighted by Gasteiger charge is -2.16. The summed E-state index contributed by atoms with van der Waals surface area (Å²) in [5.74, 6) is 0.291. The Hall–Kier alpha value is -1.77. The van der Waals surface area contributed by atoms with Gasteiger partial charge in [0.05, 0.1) is 0 Å². The van der Waals surface area contributed by atoms with Crippen molar-refractivity contribution in [2.45, 2.75) is 19.3 Å². The number of H-pyrrole nitrogens is 1. The van der Waals surface area contributed by atoms with Crippen LogP contribution in [0.4, 0.5) is 0 Å². The van der Waals surface area contributed by atoms with Crippen molar-refractivity contribution in [1.82, 2.24) is 4.98 Å². The highest BCUT2D eigenvalue weighted by Crippen LogP contribution is 2.31. The first-order chi connectivity index (χ1) is 10.2. The summed E-state index contributed by atoms with van der Waals surface area (Å²) in [5.41, 5.74) is 11.0. The molecule has 2 nitrogen and oxygen atoms in total. The Morgan fingerprint density at radius 3 is 2.71 bits per heavy atom. The van der Waals surface area contributed by atoms with E-state index < -0.39 is 0 Å². The van der Waals surface area contributed by atoms with Gasteiger partial charge in [-0.05, 0) is 49.2 Å². The predicted molar refractivity (Wildman–Crippen MR) is 90.0 cm³/mol. The lowest BCUT2D eigenvalue weighted by Crippen LogP contribution is -2.15. The van der Waals surface area contributed by atoms with E-state index in [0.717, 1.165) is 11.4 Å². The third-order valence-corrected chi connectivity index (χ3v) is 4.24. The molecular weight excluding hydrogens is 280 g/mol. The number of benzene rings is 2. The first-order valence-electron chi connectivity index (χ1n) is 7.20. The minimum absolute atomic E-state index is 0.291. The molecule has 0 amide bonds. The number of nitrogens with two attached hydrogens (primary N) is 1. The maximum atomic E-state index is 6.09. The zero-order valence-corrected chi connectivity index (χ0v) is 12.8. The molecular formula is C18H19ClN2. The van der Waals surface area contributed by atoms with Gasteiger partial charge in [0.15, 0.2) is 0 Å². The van der Waals surface area contributed by atoms with Crippen LogP contribution >= 0.6 is 11.6 Å². The van der Waals surface area contributed by atoms with E-state index >= 15 is 0 Å². The number of aryl methyl sites for hydroxylation is 1. The average molecular weight is 299 g/mol. The number of para-hydroxylation sites is 1. The normalized spacial score (nSPS) is 12.7. The molecule has 3 aromatic rings. The van der Waals surface area contributed by atoms with Gasteiger partial charge in [0.25, 0.3) is 0 Å². The Morgan fingerprint density at radius 1 is 1.14 bits per heavy atom. The van der Waals surface area contributed by atoms with Crippen molar-refractivity contribution in [3.8, 4) is 0 Å². The number of aromatic nitrogens is 1. The lowest BCUT2D eigenvalue weighted by atomic mass is 9.90. The largest absolute Gasteiger partial charge is 0.358 e. The van der Waals surface area contributed by atoms with Crippen LogP contribution < -0.4 is 5.73 Å². The van der Waals surface area contributed by atoms with Crippen LogP contribution in [0.5, 0.6) is 0 Å². The zero-order chi connectivity index (χ0) is 14.8. The van der Waals surface area contributed by atoms with E-state index in [9.17, 15) is 0 Å². The summed E-state index contributed by atoms with van der Waals surface area (Å²) >= 11 is 6.09. The number of hydrogen-bond donors (Lipinski definition) is 2. The summed E-state index contributed by atoms with van der Waals surface area (Å²) in [6.45, 7) is 2.74. The second-order valence-electron chi connectivity index (χ2n) is 5.48. The van der Waals surface area contributed by atoms with Gasteiger partial charge >= 0.3 is 0 Å². The summed E-state index contributed by atoms with van der Waals surface area (Å²) in [7, 11) is 0. The van der Waals surface area contributed by atoms with Crippen molar-refractivity contribution >= 4 is 22.5 Å². The summed E-state index contributed by atoms with van der Waals surface area (Å²) < 4.78 is 0. The Labute approximate surface area is 129 Å². The van der Waals surface area contributed by atoms with Crippen LogP contribution in [-0.2, 0) is 6.42 Å². The summed E-state index contributed by atoms with van der Waals surface area (Å²) in [6, 6.07) is 16.4. The minimum Gasteiger partial charge on any atom is -0.358 e. The highest BCUT2D eigenvalue weighted by atomic mass is 35.5. The molecule has 3 N–H and O–H groups in total. The van der Waals surface area contributed by atoms with Crippen LogP contribution in [0, 0.1) is 6.92 Å². The van der Waals surface area contributed by atoms with Gasteiger partial charge in [-0.2, -0.15) is 0 Å². The van der Waals surface area contributed by atoms with Gasteiger partial charge in [0.2, 0.25) is 0 Å². The molecule has 1 aromatic heterocycles. The van der Waals surface area contributed by atoms with Gasteiger partial charge in [0, 0.05) is 27.5 Å². The standard InChI is InChI=1S/C18H19ClN2/c1-12-18(16-7-2-3-8-17(16)21-12)14(11-20)9-13-5-4-6-15(19)10-13/h2-8,10,14,21H,9,11,20H2,1H3. The molecule has 1 heterocycles. The van der Waals surface area contributed by atoms with Crippen molar-refractivity contribution < 1.29 is 0 Å². The number of fused-ring (bicyclic) bond motifs is 1. The van der Waals surface area contributed by atoms with Crippen LogP contribution in [0.1, 0.15) is 22.7 Å². The topological polar surface area (TPSA) is 41.8 Å². The second kappa shape index (κ2) is 5.92. The summed E-state index contributed by atoms with van der Waals surface area (Å²) in [6.07, 6.45) is 0.903. The van der Waals surface area contributed by atoms with Crippen LogP contribution in [0.2, 0.25) is 5.02 Å². The molecule has 0 spiro atoms. The second-order valence-corrected chi connectivity index (χ2v) is 5.91. The van der Waals surface area contributed by atoms with Gasteiger partial charge in [-0.15, -0.1) is 0 Å². The van der Waals surface area contributed by atoms with Gasteiger partial charge in [-0.1, -0.05) is 41.9 Å². The van der Waals surface area contributed by atoms with Gasteiger partial charge in [-0.25, -0.2) is 0 Å². The number of nitrogens with one attached hydrogen (secondary N) is 1. The molecule has 3 rings (SSSR count). The Bertz CT molecular complexity index is 761. The lowest BCUT2D eigenvalue weighted by molar-refractivity contribution is 0.694. The molecule has 0 fully saturated rings. The molecule has 0 radical (unpaired) electrons. The van der Waals surface area contributed by atoms with E-state index in [1.807, 2.05) is 18.2 Å². The number of hydrogen-bond acceptors (Lipinski definition) is 1. The number of rotatable bonds is 4. The quantitative estimate of drug-likeness (QED) is 0.736. The molecule has 0 aliphatic carbocycles. The van der Waals surface area contributed by atoms with Crippen LogP contribution in [0.3, 0.4) is 0 Å². The first-order valence-corrected chi connectivity index (χ1v) is 7.58. The summed E-state index contributed by atoms with van der Waals surface area (Å²) in [5, 5.41) is 2.05. The van der Waals surface area contributed by atoms with Gasteiger partial charge in [-0.3, -0.25) is 0 Å². The highest BCUT2D eigenvalue weighted by molar-refractivity contribution is 6.30. The zero-order valence-electron chi connectivity index (χ0n) is 12.1. The molecule has 0 aliphatic rings. The van der Waals surface area contributed by atoms with Crippen molar-refractivity contribution in [2.75, 3.05) is 6.54 Å². The Balaban J connectivity index is 2.00. The van der Waals surface area contributed by atoms with Gasteiger partial charge < -0.3 is 10.7 Å². The smallest absolute Gasteiger partial charge is 0.0458 e. The van der Waals surface area contributed by atoms with Crippen molar-refractivity contribution in [1.29, 1.82) is 0 Å². The van der Waals surface area contributed by atoms with E-state index in [1.54, 1.807) is 0 Å². The summed E-state index contributed by atoms with van der Waals surface area (Å²) in [4.78, 5) is 3.46. The highest BCUT2D eigenvalue weighted by Gasteiger charge is 2.18. The molecule has 0 saturated heterocycles. The fraction of sp³-hybridized carbons (Fsp3) is 0.222. The first kappa shape index (κ1) is 14.2. The maximum Gasteiger partial charge on any atom is 0.0458 e. The Kier molecular flexibility index (Phi) is 4.00. The Morgan fingerprint density at radius 2 is 1.95 bits per heavy atom. The van der Waals surface area contributed by atoms with Crippen molar-refractivity contribution in [3.63, 3.8) is 0 Å². The van der Waals surface area contributed by atoms with Crippen LogP contribution in [-0.4, -0.2) is 11.5 Å². The minimum atomic E-state index is 0.291. The maximum absolute atomic E-state index is 6.09. The van der Waals surface area contributed by atoms with E-state index in [4.69, 9.17) is 17.3 Å². The fourth-order valence-electron chi connectivity index (χ4n) is 3.08. The molecule has 108 valence electrons. The third-order valence-electron chi connectivity index (χ3n) is 4.01. The molecule has 2 aromatic carbocycles. The number of aromatic amines is 1. The molecule has 3 heteroatoms. The molecule has 0 bridgehead atoms. The number of halogens is 1. The van der Waals surface area contributed by atoms with Gasteiger partial charge in [0.1, 0.15) is 0 Å². The van der Waals surface area contributed by atoms with Crippen molar-refractivity contribution in [3.05, 3.63) is 70.4 Å². The van der Waals surface area contributed by atoms with E-state index in [0.29, 0.717) is 12.5 Å². The predicted octanol–water partition coefficient (Wildman–Crippen LogP) is 4.41. The molecule has 1 atom stereocenters. The SMILES string of the molecule is Cc1[nH]c2ccccc2c1C(CN)Cc1cccc(Cl)c1. The van der Waals surface area contributed by atoms with Crippen LogP contribution in [0.25, 0.3) is 10.9 Å².